The van der Waals surface area contributed by atoms with Gasteiger partial charge in [0, 0.05) is 23.2 Å². The van der Waals surface area contributed by atoms with Gasteiger partial charge in [0.1, 0.15) is 0 Å². The Kier molecular flexibility index (Phi) is 3.61. The summed E-state index contributed by atoms with van der Waals surface area (Å²) in [4.78, 5) is 9.08. The minimum Gasteiger partial charge on any atom is -0.375 e. The van der Waals surface area contributed by atoms with Gasteiger partial charge in [-0.2, -0.15) is 4.98 Å². The van der Waals surface area contributed by atoms with Crippen molar-refractivity contribution in [3.8, 4) is 0 Å². The fourth-order valence-corrected chi connectivity index (χ4v) is 4.96. The molecule has 22 heavy (non-hydrogen) atoms. The molecule has 1 atom stereocenters. The highest BCUT2D eigenvalue weighted by molar-refractivity contribution is 7.99. The zero-order chi connectivity index (χ0) is 15.2. The molecule has 5 nitrogen and oxygen atoms in total. The van der Waals surface area contributed by atoms with E-state index in [1.54, 1.807) is 11.8 Å². The number of ether oxygens (including phenoxy) is 1. The summed E-state index contributed by atoms with van der Waals surface area (Å²) in [6.07, 6.45) is 7.30. The number of thioether (sulfide) groups is 1. The first-order chi connectivity index (χ1) is 10.6. The van der Waals surface area contributed by atoms with Gasteiger partial charge in [0.2, 0.25) is 5.16 Å². The molecule has 4 rings (SSSR count). The number of hydrogen-bond donors (Lipinski definition) is 0. The third-order valence-corrected chi connectivity index (χ3v) is 5.95. The molecule has 1 saturated heterocycles. The average molecular weight is 318 g/mol. The van der Waals surface area contributed by atoms with Gasteiger partial charge >= 0.3 is 0 Å². The summed E-state index contributed by atoms with van der Waals surface area (Å²) in [6.45, 7) is 4.92. The number of aryl methyl sites for hydroxylation is 2. The molecule has 0 bridgehead atoms. The molecular weight excluding hydrogens is 296 g/mol. The van der Waals surface area contributed by atoms with Gasteiger partial charge in [-0.1, -0.05) is 24.6 Å². The van der Waals surface area contributed by atoms with Crippen LogP contribution in [0.3, 0.4) is 0 Å². The minimum atomic E-state index is 0.153. The Balaban J connectivity index is 1.54. The predicted octanol–water partition coefficient (Wildman–Crippen LogP) is 3.33. The topological polar surface area (TPSA) is 52.3 Å². The molecule has 118 valence electrons. The van der Waals surface area contributed by atoms with Crippen LogP contribution in [0.5, 0.6) is 0 Å². The SMILES string of the molecule is Cc1cc(C)n2nc(S[C@H]3CCOC4(CCCC4)C3)nc2n1. The third-order valence-electron chi connectivity index (χ3n) is 4.83. The molecule has 1 saturated carbocycles. The maximum absolute atomic E-state index is 6.12. The molecule has 0 unspecified atom stereocenters. The monoisotopic (exact) mass is 318 g/mol. The molecule has 2 fully saturated rings. The lowest BCUT2D eigenvalue weighted by Crippen LogP contribution is -2.38. The molecule has 1 aliphatic heterocycles. The Hall–Kier alpha value is -1.14. The van der Waals surface area contributed by atoms with Gasteiger partial charge in [-0.15, -0.1) is 5.10 Å². The highest BCUT2D eigenvalue weighted by atomic mass is 32.2. The lowest BCUT2D eigenvalue weighted by Gasteiger charge is -2.37. The maximum atomic E-state index is 6.12. The summed E-state index contributed by atoms with van der Waals surface area (Å²) in [5, 5.41) is 6.04. The Morgan fingerprint density at radius 3 is 2.91 bits per heavy atom. The number of hydrogen-bond acceptors (Lipinski definition) is 5. The lowest BCUT2D eigenvalue weighted by atomic mass is 9.92. The number of nitrogens with zero attached hydrogens (tertiary/aromatic N) is 4. The number of fused-ring (bicyclic) bond motifs is 1. The summed E-state index contributed by atoms with van der Waals surface area (Å²) >= 11 is 1.80. The third kappa shape index (κ3) is 2.63. The van der Waals surface area contributed by atoms with E-state index in [1.165, 1.54) is 25.7 Å². The summed E-state index contributed by atoms with van der Waals surface area (Å²) in [7, 11) is 0. The van der Waals surface area contributed by atoms with Gasteiger partial charge in [-0.05, 0) is 45.6 Å². The smallest absolute Gasteiger partial charge is 0.253 e. The van der Waals surface area contributed by atoms with Crippen molar-refractivity contribution in [1.29, 1.82) is 0 Å². The van der Waals surface area contributed by atoms with Crippen molar-refractivity contribution in [2.45, 2.75) is 68.4 Å². The summed E-state index contributed by atoms with van der Waals surface area (Å²) in [5.74, 6) is 0.711. The normalized spacial score (nSPS) is 24.4. The van der Waals surface area contributed by atoms with Crippen molar-refractivity contribution in [2.75, 3.05) is 6.61 Å². The summed E-state index contributed by atoms with van der Waals surface area (Å²) in [5.41, 5.74) is 2.23. The first-order valence-electron chi connectivity index (χ1n) is 8.15. The van der Waals surface area contributed by atoms with E-state index in [4.69, 9.17) is 4.74 Å². The Morgan fingerprint density at radius 1 is 1.27 bits per heavy atom. The molecular formula is C16H22N4OS. The van der Waals surface area contributed by atoms with Crippen LogP contribution < -0.4 is 0 Å². The van der Waals surface area contributed by atoms with Gasteiger partial charge in [0.15, 0.2) is 0 Å². The highest BCUT2D eigenvalue weighted by Crippen LogP contribution is 2.43. The molecule has 2 aromatic heterocycles. The molecule has 1 spiro atoms. The van der Waals surface area contributed by atoms with E-state index < -0.39 is 0 Å². The zero-order valence-corrected chi connectivity index (χ0v) is 14.0. The van der Waals surface area contributed by atoms with Gasteiger partial charge < -0.3 is 4.74 Å². The van der Waals surface area contributed by atoms with E-state index in [9.17, 15) is 0 Å². The van der Waals surface area contributed by atoms with Crippen LogP contribution in [0.1, 0.15) is 49.9 Å². The molecule has 0 amide bonds. The van der Waals surface area contributed by atoms with Crippen LogP contribution >= 0.6 is 11.8 Å². The van der Waals surface area contributed by atoms with E-state index in [-0.39, 0.29) is 5.60 Å². The molecule has 1 aliphatic carbocycles. The molecule has 3 heterocycles. The van der Waals surface area contributed by atoms with Crippen molar-refractivity contribution in [2.24, 2.45) is 0 Å². The van der Waals surface area contributed by atoms with Crippen LogP contribution in [0.15, 0.2) is 11.2 Å². The predicted molar refractivity (Wildman–Crippen MR) is 86.3 cm³/mol. The minimum absolute atomic E-state index is 0.153. The van der Waals surface area contributed by atoms with E-state index in [2.05, 4.69) is 15.1 Å². The number of aromatic nitrogens is 4. The maximum Gasteiger partial charge on any atom is 0.253 e. The quantitative estimate of drug-likeness (QED) is 0.850. The van der Waals surface area contributed by atoms with Crippen molar-refractivity contribution < 1.29 is 4.74 Å². The standard InChI is InChI=1S/C16H22N4OS/c1-11-9-12(2)20-14(17-11)18-15(19-20)22-13-5-8-21-16(10-13)6-3-4-7-16/h9,13H,3-8,10H2,1-2H3/t13-/m0/s1. The van der Waals surface area contributed by atoms with Crippen LogP contribution in [0, 0.1) is 13.8 Å². The fourth-order valence-electron chi connectivity index (χ4n) is 3.80. The van der Waals surface area contributed by atoms with Crippen molar-refractivity contribution in [1.82, 2.24) is 19.6 Å². The van der Waals surface area contributed by atoms with Gasteiger partial charge in [0.05, 0.1) is 5.60 Å². The van der Waals surface area contributed by atoms with E-state index in [1.807, 2.05) is 24.4 Å². The fraction of sp³-hybridized carbons (Fsp3) is 0.688. The number of rotatable bonds is 2. The first-order valence-corrected chi connectivity index (χ1v) is 9.03. The second-order valence-corrected chi connectivity index (χ2v) is 7.88. The van der Waals surface area contributed by atoms with E-state index >= 15 is 0 Å². The van der Waals surface area contributed by atoms with Crippen molar-refractivity contribution in [3.05, 3.63) is 17.5 Å². The molecule has 0 radical (unpaired) electrons. The van der Waals surface area contributed by atoms with Crippen LogP contribution in [0.2, 0.25) is 0 Å². The molecule has 6 heteroatoms. The van der Waals surface area contributed by atoms with Crippen LogP contribution in [-0.2, 0) is 4.74 Å². The van der Waals surface area contributed by atoms with Crippen LogP contribution in [-0.4, -0.2) is 37.0 Å². The van der Waals surface area contributed by atoms with Gasteiger partial charge in [-0.3, -0.25) is 0 Å². The molecule has 2 aliphatic rings. The first kappa shape index (κ1) is 14.5. The van der Waals surface area contributed by atoms with E-state index in [0.29, 0.717) is 11.0 Å². The zero-order valence-electron chi connectivity index (χ0n) is 13.2. The van der Waals surface area contributed by atoms with Crippen molar-refractivity contribution >= 4 is 17.5 Å². The van der Waals surface area contributed by atoms with Crippen LogP contribution in [0.4, 0.5) is 0 Å². The van der Waals surface area contributed by atoms with E-state index in [0.717, 1.165) is 36.0 Å². The second-order valence-electron chi connectivity index (χ2n) is 6.62. The lowest BCUT2D eigenvalue weighted by molar-refractivity contribution is -0.0704. The average Bonchev–Trinajstić information content (AvgIpc) is 3.06. The van der Waals surface area contributed by atoms with Gasteiger partial charge in [-0.25, -0.2) is 9.50 Å². The Morgan fingerprint density at radius 2 is 2.09 bits per heavy atom. The highest BCUT2D eigenvalue weighted by Gasteiger charge is 2.40. The summed E-state index contributed by atoms with van der Waals surface area (Å²) in [6, 6.07) is 2.04. The largest absolute Gasteiger partial charge is 0.375 e. The summed E-state index contributed by atoms with van der Waals surface area (Å²) < 4.78 is 7.96. The van der Waals surface area contributed by atoms with Crippen molar-refractivity contribution in [3.63, 3.8) is 0 Å². The van der Waals surface area contributed by atoms with Gasteiger partial charge in [0.25, 0.3) is 5.78 Å². The molecule has 2 aromatic rings. The van der Waals surface area contributed by atoms with Crippen LogP contribution in [0.25, 0.3) is 5.78 Å². The molecule has 0 N–H and O–H groups in total. The second kappa shape index (κ2) is 5.49. The Labute approximate surface area is 134 Å². The Bertz CT molecular complexity index is 693. The molecule has 0 aromatic carbocycles.